The summed E-state index contributed by atoms with van der Waals surface area (Å²) in [6.45, 7) is 1.65. The van der Waals surface area contributed by atoms with Crippen LogP contribution < -0.4 is 10.1 Å². The third-order valence-corrected chi connectivity index (χ3v) is 3.46. The van der Waals surface area contributed by atoms with Crippen LogP contribution in [-0.4, -0.2) is 16.3 Å². The first kappa shape index (κ1) is 18.7. The van der Waals surface area contributed by atoms with E-state index in [9.17, 15) is 26.3 Å². The quantitative estimate of drug-likeness (QED) is 0.595. The molecule has 0 spiro atoms. The summed E-state index contributed by atoms with van der Waals surface area (Å²) in [7, 11) is 0. The molecule has 27 heavy (non-hydrogen) atoms. The second-order valence-electron chi connectivity index (χ2n) is 5.61. The first-order valence-corrected chi connectivity index (χ1v) is 7.50. The lowest BCUT2D eigenvalue weighted by Crippen LogP contribution is -2.17. The van der Waals surface area contributed by atoms with Gasteiger partial charge in [0.1, 0.15) is 5.75 Å². The lowest BCUT2D eigenvalue weighted by atomic mass is 10.1. The second-order valence-corrected chi connectivity index (χ2v) is 5.61. The van der Waals surface area contributed by atoms with E-state index in [-0.39, 0.29) is 22.5 Å². The average Bonchev–Trinajstić information content (AvgIpc) is 2.54. The van der Waals surface area contributed by atoms with E-state index in [1.807, 2.05) is 0 Å². The maximum Gasteiger partial charge on any atom is 0.573 e. The topological polar surface area (TPSA) is 47.0 Å². The van der Waals surface area contributed by atoms with E-state index in [2.05, 4.69) is 20.0 Å². The summed E-state index contributed by atoms with van der Waals surface area (Å²) in [4.78, 5) is 7.57. The molecule has 0 amide bonds. The summed E-state index contributed by atoms with van der Waals surface area (Å²) in [5, 5.41) is 2.42. The van der Waals surface area contributed by atoms with Crippen LogP contribution in [0.2, 0.25) is 0 Å². The molecule has 0 aliphatic heterocycles. The molecule has 1 N–H and O–H groups in total. The Balaban J connectivity index is 1.94. The minimum Gasteiger partial charge on any atom is -0.406 e. The van der Waals surface area contributed by atoms with Gasteiger partial charge in [0.25, 0.3) is 0 Å². The monoisotopic (exact) mass is 387 g/mol. The molecule has 0 radical (unpaired) electrons. The van der Waals surface area contributed by atoms with Crippen LogP contribution in [0.5, 0.6) is 5.75 Å². The highest BCUT2D eigenvalue weighted by molar-refractivity contribution is 5.83. The minimum absolute atomic E-state index is 0.0856. The van der Waals surface area contributed by atoms with E-state index in [1.165, 1.54) is 24.3 Å². The summed E-state index contributed by atoms with van der Waals surface area (Å²) in [6, 6.07) is 8.84. The van der Waals surface area contributed by atoms with Crippen LogP contribution in [0.4, 0.5) is 38.0 Å². The van der Waals surface area contributed by atoms with Gasteiger partial charge in [-0.05, 0) is 43.3 Å². The number of aryl methyl sites for hydroxylation is 1. The number of hydrogen-bond donors (Lipinski definition) is 1. The van der Waals surface area contributed by atoms with Crippen molar-refractivity contribution in [2.45, 2.75) is 19.5 Å². The van der Waals surface area contributed by atoms with Gasteiger partial charge in [0.2, 0.25) is 5.95 Å². The van der Waals surface area contributed by atoms with Crippen molar-refractivity contribution >= 4 is 22.5 Å². The van der Waals surface area contributed by atoms with E-state index in [0.29, 0.717) is 5.56 Å². The van der Waals surface area contributed by atoms with Crippen molar-refractivity contribution in [1.29, 1.82) is 0 Å². The molecule has 1 heterocycles. The summed E-state index contributed by atoms with van der Waals surface area (Å²) < 4.78 is 80.2. The third kappa shape index (κ3) is 4.57. The lowest BCUT2D eigenvalue weighted by Gasteiger charge is -2.13. The molecule has 0 aliphatic rings. The van der Waals surface area contributed by atoms with E-state index >= 15 is 0 Å². The third-order valence-electron chi connectivity index (χ3n) is 3.46. The van der Waals surface area contributed by atoms with Gasteiger partial charge in [-0.1, -0.05) is 11.6 Å². The van der Waals surface area contributed by atoms with Gasteiger partial charge in [-0.3, -0.25) is 0 Å². The van der Waals surface area contributed by atoms with Gasteiger partial charge < -0.3 is 10.1 Å². The van der Waals surface area contributed by atoms with Gasteiger partial charge in [-0.2, -0.15) is 13.2 Å². The molecular formula is C17H11F6N3O. The standard InChI is InChI=1S/C17H11F6N3O/c1-9-2-7-13-12(8-9)14(16(18,19)20)26-15(25-13)24-10-3-5-11(6-4-10)27-17(21,22)23/h2-8H,1H3,(H,24,25,26). The Kier molecular flexibility index (Phi) is 4.58. The number of ether oxygens (including phenoxy) is 1. The Labute approximate surface area is 148 Å². The molecule has 3 aromatic rings. The van der Waals surface area contributed by atoms with Crippen molar-refractivity contribution in [3.05, 3.63) is 53.7 Å². The fourth-order valence-electron chi connectivity index (χ4n) is 2.38. The molecule has 3 rings (SSSR count). The van der Waals surface area contributed by atoms with Crippen molar-refractivity contribution in [2.24, 2.45) is 0 Å². The SMILES string of the molecule is Cc1ccc2nc(Nc3ccc(OC(F)(F)F)cc3)nc(C(F)(F)F)c2c1. The maximum absolute atomic E-state index is 13.3. The Morgan fingerprint density at radius 1 is 0.889 bits per heavy atom. The van der Waals surface area contributed by atoms with E-state index in [0.717, 1.165) is 12.1 Å². The summed E-state index contributed by atoms with van der Waals surface area (Å²) in [5.41, 5.74) is -0.195. The molecule has 0 bridgehead atoms. The minimum atomic E-state index is -4.84. The molecule has 0 saturated carbocycles. The van der Waals surface area contributed by atoms with Gasteiger partial charge in [0, 0.05) is 11.1 Å². The molecule has 0 unspecified atom stereocenters. The number of benzene rings is 2. The molecule has 142 valence electrons. The number of hydrogen-bond acceptors (Lipinski definition) is 4. The molecule has 2 aromatic carbocycles. The summed E-state index contributed by atoms with van der Waals surface area (Å²) in [6.07, 6.45) is -9.54. The number of rotatable bonds is 3. The van der Waals surface area contributed by atoms with Crippen LogP contribution in [0, 0.1) is 6.92 Å². The second kappa shape index (κ2) is 6.60. The van der Waals surface area contributed by atoms with Crippen molar-refractivity contribution in [1.82, 2.24) is 9.97 Å². The number of nitrogens with one attached hydrogen (secondary N) is 1. The Bertz CT molecular complexity index is 967. The highest BCUT2D eigenvalue weighted by Gasteiger charge is 2.35. The van der Waals surface area contributed by atoms with Crippen LogP contribution in [0.25, 0.3) is 10.9 Å². The predicted octanol–water partition coefficient (Wildman–Crippen LogP) is 5.60. The predicted molar refractivity (Wildman–Crippen MR) is 85.7 cm³/mol. The highest BCUT2D eigenvalue weighted by Crippen LogP contribution is 2.34. The zero-order valence-corrected chi connectivity index (χ0v) is 13.6. The zero-order chi connectivity index (χ0) is 19.8. The maximum atomic E-state index is 13.3. The van der Waals surface area contributed by atoms with Gasteiger partial charge in [-0.25, -0.2) is 9.97 Å². The molecule has 0 aliphatic carbocycles. The number of nitrogens with zero attached hydrogens (tertiary/aromatic N) is 2. The molecular weight excluding hydrogens is 376 g/mol. The number of alkyl halides is 6. The summed E-state index contributed by atoms with van der Waals surface area (Å²) in [5.74, 6) is -0.790. The molecule has 10 heteroatoms. The van der Waals surface area contributed by atoms with Crippen LogP contribution in [0.1, 0.15) is 11.3 Å². The van der Waals surface area contributed by atoms with Gasteiger partial charge >= 0.3 is 12.5 Å². The molecule has 4 nitrogen and oxygen atoms in total. The van der Waals surface area contributed by atoms with Crippen LogP contribution >= 0.6 is 0 Å². The van der Waals surface area contributed by atoms with Gasteiger partial charge in [0.05, 0.1) is 5.52 Å². The largest absolute Gasteiger partial charge is 0.573 e. The van der Waals surface area contributed by atoms with Gasteiger partial charge in [0.15, 0.2) is 5.69 Å². The van der Waals surface area contributed by atoms with Crippen molar-refractivity contribution < 1.29 is 31.1 Å². The average molecular weight is 387 g/mol. The Morgan fingerprint density at radius 2 is 1.56 bits per heavy atom. The van der Waals surface area contributed by atoms with E-state index in [4.69, 9.17) is 0 Å². The number of halogens is 6. The van der Waals surface area contributed by atoms with E-state index in [1.54, 1.807) is 13.0 Å². The summed E-state index contributed by atoms with van der Waals surface area (Å²) >= 11 is 0. The number of anilines is 2. The molecule has 0 saturated heterocycles. The number of aromatic nitrogens is 2. The zero-order valence-electron chi connectivity index (χ0n) is 13.6. The van der Waals surface area contributed by atoms with Crippen molar-refractivity contribution in [3.8, 4) is 5.75 Å². The fourth-order valence-corrected chi connectivity index (χ4v) is 2.38. The smallest absolute Gasteiger partial charge is 0.406 e. The Hall–Kier alpha value is -3.04. The van der Waals surface area contributed by atoms with Crippen LogP contribution in [-0.2, 0) is 6.18 Å². The first-order chi connectivity index (χ1) is 12.5. The molecule has 1 aromatic heterocycles. The normalized spacial score (nSPS) is 12.3. The highest BCUT2D eigenvalue weighted by atomic mass is 19.4. The fraction of sp³-hybridized carbons (Fsp3) is 0.176. The van der Waals surface area contributed by atoms with Crippen LogP contribution in [0.15, 0.2) is 42.5 Å². The number of fused-ring (bicyclic) bond motifs is 1. The van der Waals surface area contributed by atoms with Crippen molar-refractivity contribution in [3.63, 3.8) is 0 Å². The molecule has 0 fully saturated rings. The van der Waals surface area contributed by atoms with Crippen molar-refractivity contribution in [2.75, 3.05) is 5.32 Å². The van der Waals surface area contributed by atoms with Crippen LogP contribution in [0.3, 0.4) is 0 Å². The molecule has 0 atom stereocenters. The first-order valence-electron chi connectivity index (χ1n) is 7.50. The van der Waals surface area contributed by atoms with Gasteiger partial charge in [-0.15, -0.1) is 13.2 Å². The lowest BCUT2D eigenvalue weighted by molar-refractivity contribution is -0.274. The Morgan fingerprint density at radius 3 is 2.15 bits per heavy atom. The van der Waals surface area contributed by atoms with E-state index < -0.39 is 24.0 Å².